The Morgan fingerprint density at radius 1 is 1.36 bits per heavy atom. The molecule has 130 valence electrons. The lowest BCUT2D eigenvalue weighted by Gasteiger charge is -2.24. The maximum atomic E-state index is 12.3. The molecule has 2 aliphatic heterocycles. The fourth-order valence-corrected chi connectivity index (χ4v) is 3.60. The Morgan fingerprint density at radius 2 is 2.24 bits per heavy atom. The number of rotatable bonds is 4. The molecule has 1 atom stereocenters. The summed E-state index contributed by atoms with van der Waals surface area (Å²) < 4.78 is 18.4. The van der Waals surface area contributed by atoms with Gasteiger partial charge in [0.2, 0.25) is 18.4 Å². The zero-order valence-electron chi connectivity index (χ0n) is 13.9. The predicted molar refractivity (Wildman–Crippen MR) is 89.2 cm³/mol. The number of carbonyl (C=O) groups is 1. The van der Waals surface area contributed by atoms with E-state index in [9.17, 15) is 4.79 Å². The molecule has 3 heterocycles. The van der Waals surface area contributed by atoms with E-state index in [0.717, 1.165) is 23.5 Å². The van der Waals surface area contributed by atoms with Crippen molar-refractivity contribution in [3.8, 4) is 17.2 Å². The number of nitrogens with one attached hydrogen (secondary N) is 1. The third kappa shape index (κ3) is 2.42. The fourth-order valence-electron chi connectivity index (χ4n) is 3.60. The second-order valence-corrected chi connectivity index (χ2v) is 6.84. The van der Waals surface area contributed by atoms with E-state index >= 15 is 0 Å². The minimum absolute atomic E-state index is 0.00619. The summed E-state index contributed by atoms with van der Waals surface area (Å²) in [5, 5.41) is 7.51. The third-order valence-electron chi connectivity index (χ3n) is 5.10. The van der Waals surface area contributed by atoms with Crippen molar-refractivity contribution in [2.45, 2.75) is 31.7 Å². The molecule has 1 aliphatic carbocycles. The Labute approximate surface area is 144 Å². The van der Waals surface area contributed by atoms with E-state index in [4.69, 9.17) is 14.2 Å². The molecular weight excluding hydrogens is 322 g/mol. The summed E-state index contributed by atoms with van der Waals surface area (Å²) in [6.45, 7) is 1.05. The van der Waals surface area contributed by atoms with E-state index in [-0.39, 0.29) is 18.6 Å². The highest BCUT2D eigenvalue weighted by atomic mass is 16.7. The smallest absolute Gasteiger partial charge is 0.231 e. The zero-order valence-corrected chi connectivity index (χ0v) is 13.9. The second kappa shape index (κ2) is 5.40. The van der Waals surface area contributed by atoms with Gasteiger partial charge in [-0.3, -0.25) is 4.79 Å². The van der Waals surface area contributed by atoms with Gasteiger partial charge >= 0.3 is 0 Å². The van der Waals surface area contributed by atoms with E-state index in [0.29, 0.717) is 29.6 Å². The number of ether oxygens (including phenoxy) is 3. The number of benzene rings is 1. The lowest BCUT2D eigenvalue weighted by Crippen LogP contribution is -2.25. The monoisotopic (exact) mass is 341 g/mol. The van der Waals surface area contributed by atoms with Crippen molar-refractivity contribution in [3.63, 3.8) is 0 Å². The molecule has 1 N–H and O–H groups in total. The van der Waals surface area contributed by atoms with Crippen LogP contribution in [0.5, 0.6) is 17.2 Å². The van der Waals surface area contributed by atoms with Crippen LogP contribution in [0.3, 0.4) is 0 Å². The third-order valence-corrected chi connectivity index (χ3v) is 5.10. The molecule has 1 aromatic carbocycles. The first-order chi connectivity index (χ1) is 12.2. The molecule has 0 saturated heterocycles. The van der Waals surface area contributed by atoms with Crippen LogP contribution in [0.25, 0.3) is 0 Å². The van der Waals surface area contributed by atoms with Crippen molar-refractivity contribution in [1.29, 1.82) is 0 Å². The molecule has 0 spiro atoms. The maximum Gasteiger partial charge on any atom is 0.231 e. The molecule has 7 nitrogen and oxygen atoms in total. The van der Waals surface area contributed by atoms with Gasteiger partial charge in [-0.05, 0) is 36.5 Å². The first kappa shape index (κ1) is 14.6. The molecule has 1 aromatic heterocycles. The molecule has 3 aliphatic rings. The molecule has 7 heteroatoms. The first-order valence-electron chi connectivity index (χ1n) is 8.56. The van der Waals surface area contributed by atoms with E-state index < -0.39 is 0 Å². The highest BCUT2D eigenvalue weighted by Crippen LogP contribution is 2.46. The molecule has 25 heavy (non-hydrogen) atoms. The van der Waals surface area contributed by atoms with E-state index in [1.807, 2.05) is 23.0 Å². The summed E-state index contributed by atoms with van der Waals surface area (Å²) in [6.07, 6.45) is 4.74. The predicted octanol–water partition coefficient (Wildman–Crippen LogP) is 2.50. The summed E-state index contributed by atoms with van der Waals surface area (Å²) in [5.74, 6) is 3.36. The van der Waals surface area contributed by atoms with Crippen LogP contribution in [0.1, 0.15) is 36.3 Å². The van der Waals surface area contributed by atoms with Gasteiger partial charge < -0.3 is 19.5 Å². The van der Waals surface area contributed by atoms with Gasteiger partial charge in [0.1, 0.15) is 5.82 Å². The Balaban J connectivity index is 1.57. The van der Waals surface area contributed by atoms with Crippen LogP contribution in [0.2, 0.25) is 0 Å². The highest BCUT2D eigenvalue weighted by Gasteiger charge is 2.33. The molecule has 1 amide bonds. The average Bonchev–Trinajstić information content (AvgIpc) is 3.15. The van der Waals surface area contributed by atoms with Crippen molar-refractivity contribution in [1.82, 2.24) is 9.78 Å². The van der Waals surface area contributed by atoms with Gasteiger partial charge in [0.15, 0.2) is 11.5 Å². The van der Waals surface area contributed by atoms with E-state index in [1.54, 1.807) is 7.11 Å². The number of nitrogens with zero attached hydrogens (tertiary/aromatic N) is 2. The minimum atomic E-state index is -0.0693. The number of anilines is 1. The molecule has 2 aromatic rings. The number of hydrogen-bond donors (Lipinski definition) is 1. The molecule has 5 rings (SSSR count). The van der Waals surface area contributed by atoms with Crippen molar-refractivity contribution in [2.24, 2.45) is 5.92 Å². The normalized spacial score (nSPS) is 21.0. The van der Waals surface area contributed by atoms with Gasteiger partial charge in [-0.2, -0.15) is 5.10 Å². The Bertz CT molecular complexity index is 856. The lowest BCUT2D eigenvalue weighted by molar-refractivity contribution is -0.116. The van der Waals surface area contributed by atoms with Crippen molar-refractivity contribution < 1.29 is 19.0 Å². The van der Waals surface area contributed by atoms with Crippen LogP contribution >= 0.6 is 0 Å². The van der Waals surface area contributed by atoms with Crippen molar-refractivity contribution in [3.05, 3.63) is 29.5 Å². The first-order valence-corrected chi connectivity index (χ1v) is 8.56. The highest BCUT2D eigenvalue weighted by molar-refractivity contribution is 5.94. The van der Waals surface area contributed by atoms with Gasteiger partial charge in [0.05, 0.1) is 13.3 Å². The molecule has 1 unspecified atom stereocenters. The Hall–Kier alpha value is -2.70. The van der Waals surface area contributed by atoms with Gasteiger partial charge in [-0.25, -0.2) is 4.68 Å². The standard InChI is InChI=1S/C18H19N3O4/c1-23-14-4-11(5-15-17(14)25-9-24-15)12-6-16(22)20-18-13(12)7-19-21(18)8-10-2-3-10/h4-5,7,10,12H,2-3,6,8-9H2,1H3,(H,20,22). The lowest BCUT2D eigenvalue weighted by atomic mass is 9.87. The number of amides is 1. The number of carbonyl (C=O) groups excluding carboxylic acids is 1. The number of aromatic nitrogens is 2. The van der Waals surface area contributed by atoms with Crippen molar-refractivity contribution >= 4 is 11.7 Å². The SMILES string of the molecule is COc1cc(C2CC(=O)Nc3c2cnn3CC2CC2)cc2c1OCO2. The van der Waals surface area contributed by atoms with Gasteiger partial charge in [0, 0.05) is 24.4 Å². The van der Waals surface area contributed by atoms with Gasteiger partial charge in [-0.15, -0.1) is 0 Å². The van der Waals surface area contributed by atoms with Crippen LogP contribution in [0.15, 0.2) is 18.3 Å². The largest absolute Gasteiger partial charge is 0.493 e. The summed E-state index contributed by atoms with van der Waals surface area (Å²) >= 11 is 0. The summed E-state index contributed by atoms with van der Waals surface area (Å²) in [6, 6.07) is 3.87. The maximum absolute atomic E-state index is 12.3. The fraction of sp³-hybridized carbons (Fsp3) is 0.444. The van der Waals surface area contributed by atoms with Gasteiger partial charge in [-0.1, -0.05) is 0 Å². The number of fused-ring (bicyclic) bond motifs is 2. The molecule has 1 fully saturated rings. The summed E-state index contributed by atoms with van der Waals surface area (Å²) in [7, 11) is 1.60. The molecular formula is C18H19N3O4. The van der Waals surface area contributed by atoms with Crippen LogP contribution in [0.4, 0.5) is 5.82 Å². The van der Waals surface area contributed by atoms with Crippen LogP contribution in [-0.4, -0.2) is 29.6 Å². The Kier molecular flexibility index (Phi) is 3.16. The average molecular weight is 341 g/mol. The Morgan fingerprint density at radius 3 is 3.04 bits per heavy atom. The minimum Gasteiger partial charge on any atom is -0.493 e. The summed E-state index contributed by atoms with van der Waals surface area (Å²) in [4.78, 5) is 12.3. The van der Waals surface area contributed by atoms with E-state index in [1.165, 1.54) is 12.8 Å². The zero-order chi connectivity index (χ0) is 17.0. The van der Waals surface area contributed by atoms with Gasteiger partial charge in [0.25, 0.3) is 0 Å². The van der Waals surface area contributed by atoms with Crippen LogP contribution in [-0.2, 0) is 11.3 Å². The molecule has 0 radical (unpaired) electrons. The molecule has 1 saturated carbocycles. The second-order valence-electron chi connectivity index (χ2n) is 6.84. The molecule has 0 bridgehead atoms. The van der Waals surface area contributed by atoms with Crippen molar-refractivity contribution in [2.75, 3.05) is 19.2 Å². The quantitative estimate of drug-likeness (QED) is 0.925. The number of methoxy groups -OCH3 is 1. The summed E-state index contributed by atoms with van der Waals surface area (Å²) in [5.41, 5.74) is 2.02. The van der Waals surface area contributed by atoms with E-state index in [2.05, 4.69) is 10.4 Å². The van der Waals surface area contributed by atoms with Crippen LogP contribution < -0.4 is 19.5 Å². The van der Waals surface area contributed by atoms with Crippen LogP contribution in [0, 0.1) is 5.92 Å². The number of hydrogen-bond acceptors (Lipinski definition) is 5. The topological polar surface area (TPSA) is 74.6 Å².